The van der Waals surface area contributed by atoms with Crippen LogP contribution in [0.15, 0.2) is 30.3 Å². The Labute approximate surface area is 93.3 Å². The molecule has 0 radical (unpaired) electrons. The number of nitrogens with two attached hydrogens (primary N) is 1. The summed E-state index contributed by atoms with van der Waals surface area (Å²) in [5, 5.41) is -1.45. The second-order valence-corrected chi connectivity index (χ2v) is 3.58. The molecule has 0 heterocycles. The zero-order valence-electron chi connectivity index (χ0n) is 8.37. The lowest BCUT2D eigenvalue weighted by Gasteiger charge is -2.24. The minimum Gasteiger partial charge on any atom is -0.462 e. The molecule has 0 bridgehead atoms. The van der Waals surface area contributed by atoms with E-state index in [4.69, 9.17) is 22.2 Å². The summed E-state index contributed by atoms with van der Waals surface area (Å²) in [4.78, 5) is 11.4. The number of benzene rings is 1. The van der Waals surface area contributed by atoms with Gasteiger partial charge in [-0.2, -0.15) is 0 Å². The maximum Gasteiger partial charge on any atom is 0.294 e. The van der Waals surface area contributed by atoms with Gasteiger partial charge in [-0.15, -0.1) is 0 Å². The van der Waals surface area contributed by atoms with Crippen molar-refractivity contribution in [2.24, 2.45) is 5.84 Å². The number of rotatable bonds is 4. The summed E-state index contributed by atoms with van der Waals surface area (Å²) in [6.45, 7) is 1.74. The number of hydrazine groups is 1. The van der Waals surface area contributed by atoms with Crippen LogP contribution in [0, 0.1) is 0 Å². The minimum atomic E-state index is -1.45. The van der Waals surface area contributed by atoms with Crippen molar-refractivity contribution in [3.05, 3.63) is 30.3 Å². The highest BCUT2D eigenvalue weighted by Crippen LogP contribution is 2.25. The number of halogens is 1. The molecule has 1 rings (SSSR count). The summed E-state index contributed by atoms with van der Waals surface area (Å²) in [5.41, 5.74) is 1.98. The van der Waals surface area contributed by atoms with E-state index in [9.17, 15) is 4.79 Å². The first-order chi connectivity index (χ1) is 7.12. The lowest BCUT2D eigenvalue weighted by atomic mass is 10.2. The van der Waals surface area contributed by atoms with Crippen LogP contribution in [0.5, 0.6) is 5.75 Å². The number of nitrogens with one attached hydrogen (secondary N) is 1. The number of carbonyl (C=O) groups excluding carboxylic acids is 1. The molecular weight excluding hydrogens is 216 g/mol. The van der Waals surface area contributed by atoms with Crippen LogP contribution in [0.4, 0.5) is 0 Å². The lowest BCUT2D eigenvalue weighted by molar-refractivity contribution is -0.130. The van der Waals surface area contributed by atoms with E-state index in [2.05, 4.69) is 0 Å². The number of alkyl halides is 1. The largest absolute Gasteiger partial charge is 0.462 e. The Morgan fingerprint density at radius 2 is 2.13 bits per heavy atom. The van der Waals surface area contributed by atoms with Crippen LogP contribution in [0.2, 0.25) is 0 Å². The first-order valence-electron chi connectivity index (χ1n) is 4.56. The summed E-state index contributed by atoms with van der Waals surface area (Å²) >= 11 is 5.99. The third-order valence-corrected chi connectivity index (χ3v) is 2.46. The lowest BCUT2D eigenvalue weighted by Crippen LogP contribution is -2.49. The van der Waals surface area contributed by atoms with E-state index < -0.39 is 11.0 Å². The van der Waals surface area contributed by atoms with Gasteiger partial charge in [0.1, 0.15) is 5.75 Å². The topological polar surface area (TPSA) is 64.3 Å². The Morgan fingerprint density at radius 3 is 2.60 bits per heavy atom. The Balaban J connectivity index is 2.81. The maximum atomic E-state index is 11.4. The Hall–Kier alpha value is -1.26. The first kappa shape index (κ1) is 11.8. The molecule has 4 nitrogen and oxygen atoms in total. The second-order valence-electron chi connectivity index (χ2n) is 2.97. The first-order valence-corrected chi connectivity index (χ1v) is 4.94. The molecule has 0 unspecified atom stereocenters. The SMILES string of the molecule is CC[C@](Cl)(Oc1ccccc1)C(=O)NN. The number of carbonyl (C=O) groups is 1. The molecule has 1 atom stereocenters. The fraction of sp³-hybridized carbons (Fsp3) is 0.300. The minimum absolute atomic E-state index is 0.312. The van der Waals surface area contributed by atoms with E-state index >= 15 is 0 Å². The average molecular weight is 229 g/mol. The van der Waals surface area contributed by atoms with Crippen molar-refractivity contribution in [2.45, 2.75) is 18.4 Å². The van der Waals surface area contributed by atoms with Crippen molar-refractivity contribution < 1.29 is 9.53 Å². The summed E-state index contributed by atoms with van der Waals surface area (Å²) < 4.78 is 5.38. The van der Waals surface area contributed by atoms with E-state index in [0.29, 0.717) is 12.2 Å². The van der Waals surface area contributed by atoms with Crippen LogP contribution in [0.1, 0.15) is 13.3 Å². The van der Waals surface area contributed by atoms with Gasteiger partial charge in [0.25, 0.3) is 11.0 Å². The van der Waals surface area contributed by atoms with E-state index in [1.807, 2.05) is 11.5 Å². The Bertz CT molecular complexity index is 331. The molecule has 0 saturated heterocycles. The van der Waals surface area contributed by atoms with Crippen molar-refractivity contribution in [3.8, 4) is 5.75 Å². The second kappa shape index (κ2) is 5.00. The van der Waals surface area contributed by atoms with Gasteiger partial charge in [0.2, 0.25) is 0 Å². The van der Waals surface area contributed by atoms with Gasteiger partial charge >= 0.3 is 0 Å². The summed E-state index contributed by atoms with van der Waals surface area (Å²) in [6.07, 6.45) is 0.312. The zero-order valence-corrected chi connectivity index (χ0v) is 9.12. The third-order valence-electron chi connectivity index (χ3n) is 1.95. The van der Waals surface area contributed by atoms with Gasteiger partial charge in [-0.25, -0.2) is 5.84 Å². The highest BCUT2D eigenvalue weighted by Gasteiger charge is 2.36. The summed E-state index contributed by atoms with van der Waals surface area (Å²) in [7, 11) is 0. The van der Waals surface area contributed by atoms with Gasteiger partial charge in [0.05, 0.1) is 0 Å². The van der Waals surface area contributed by atoms with Crippen LogP contribution in [-0.2, 0) is 4.79 Å². The molecule has 0 aliphatic heterocycles. The molecule has 0 spiro atoms. The molecule has 1 amide bonds. The van der Waals surface area contributed by atoms with Gasteiger partial charge in [-0.05, 0) is 12.1 Å². The number of amides is 1. The van der Waals surface area contributed by atoms with Crippen LogP contribution < -0.4 is 16.0 Å². The quantitative estimate of drug-likeness (QED) is 0.354. The summed E-state index contributed by atoms with van der Waals surface area (Å²) in [5.74, 6) is 4.99. The standard InChI is InChI=1S/C10H13ClN2O2/c1-2-10(11,9(14)13-12)15-8-6-4-3-5-7-8/h3-7H,2,12H2,1H3,(H,13,14)/t10-/m0/s1. The number of para-hydroxylation sites is 1. The highest BCUT2D eigenvalue weighted by molar-refractivity contribution is 6.33. The Morgan fingerprint density at radius 1 is 1.53 bits per heavy atom. The number of ether oxygens (including phenoxy) is 1. The molecule has 0 fully saturated rings. The molecule has 3 N–H and O–H groups in total. The van der Waals surface area contributed by atoms with Crippen LogP contribution in [-0.4, -0.2) is 11.0 Å². The van der Waals surface area contributed by atoms with Crippen LogP contribution >= 0.6 is 11.6 Å². The molecule has 15 heavy (non-hydrogen) atoms. The van der Waals surface area contributed by atoms with Crippen molar-refractivity contribution >= 4 is 17.5 Å². The fourth-order valence-corrected chi connectivity index (χ4v) is 1.21. The van der Waals surface area contributed by atoms with E-state index in [-0.39, 0.29) is 0 Å². The van der Waals surface area contributed by atoms with Gasteiger partial charge < -0.3 is 4.74 Å². The monoisotopic (exact) mass is 228 g/mol. The molecule has 0 aromatic heterocycles. The zero-order chi connectivity index (χ0) is 11.3. The van der Waals surface area contributed by atoms with Crippen LogP contribution in [0.25, 0.3) is 0 Å². The molecule has 0 saturated carbocycles. The van der Waals surface area contributed by atoms with Gasteiger partial charge in [0.15, 0.2) is 0 Å². The summed E-state index contributed by atoms with van der Waals surface area (Å²) in [6, 6.07) is 8.87. The predicted molar refractivity (Wildman–Crippen MR) is 58.3 cm³/mol. The molecule has 1 aromatic rings. The van der Waals surface area contributed by atoms with E-state index in [1.54, 1.807) is 31.2 Å². The predicted octanol–water partition coefficient (Wildman–Crippen LogP) is 1.40. The van der Waals surface area contributed by atoms with Crippen LogP contribution in [0.3, 0.4) is 0 Å². The van der Waals surface area contributed by atoms with Crippen molar-refractivity contribution in [1.82, 2.24) is 5.43 Å². The van der Waals surface area contributed by atoms with Crippen molar-refractivity contribution in [2.75, 3.05) is 0 Å². The molecule has 82 valence electrons. The molecular formula is C10H13ClN2O2. The van der Waals surface area contributed by atoms with Crippen molar-refractivity contribution in [3.63, 3.8) is 0 Å². The molecule has 5 heteroatoms. The van der Waals surface area contributed by atoms with Gasteiger partial charge in [-0.1, -0.05) is 36.7 Å². The number of hydrogen-bond acceptors (Lipinski definition) is 3. The molecule has 1 aromatic carbocycles. The number of hydrogen-bond donors (Lipinski definition) is 2. The molecule has 0 aliphatic carbocycles. The normalized spacial score (nSPS) is 14.1. The fourth-order valence-electron chi connectivity index (χ4n) is 1.06. The third kappa shape index (κ3) is 2.84. The van der Waals surface area contributed by atoms with Crippen molar-refractivity contribution in [1.29, 1.82) is 0 Å². The van der Waals surface area contributed by atoms with Gasteiger partial charge in [0, 0.05) is 6.42 Å². The van der Waals surface area contributed by atoms with E-state index in [0.717, 1.165) is 0 Å². The van der Waals surface area contributed by atoms with E-state index in [1.165, 1.54) is 0 Å². The average Bonchev–Trinajstić information content (AvgIpc) is 2.29. The maximum absolute atomic E-state index is 11.4. The molecule has 0 aliphatic rings. The Kier molecular flexibility index (Phi) is 3.94. The van der Waals surface area contributed by atoms with Gasteiger partial charge in [-0.3, -0.25) is 10.2 Å². The highest BCUT2D eigenvalue weighted by atomic mass is 35.5. The smallest absolute Gasteiger partial charge is 0.294 e.